The minimum atomic E-state index is -0.406. The highest BCUT2D eigenvalue weighted by Gasteiger charge is 2.44. The Bertz CT molecular complexity index is 898. The van der Waals surface area contributed by atoms with Crippen molar-refractivity contribution in [1.82, 2.24) is 19.8 Å². The fourth-order valence-corrected chi connectivity index (χ4v) is 4.79. The second-order valence-corrected chi connectivity index (χ2v) is 8.12. The average molecular weight is 434 g/mol. The lowest BCUT2D eigenvalue weighted by Crippen LogP contribution is -2.51. The molecule has 2 saturated heterocycles. The van der Waals surface area contributed by atoms with Crippen molar-refractivity contribution in [2.75, 3.05) is 38.1 Å². The topological polar surface area (TPSA) is 69.6 Å². The zero-order valence-corrected chi connectivity index (χ0v) is 17.5. The second-order valence-electron chi connectivity index (χ2n) is 7.31. The number of pyridine rings is 2. The third-order valence-electron chi connectivity index (χ3n) is 5.67. The van der Waals surface area contributed by atoms with Gasteiger partial charge in [-0.15, -0.1) is 0 Å². The molecule has 0 aliphatic carbocycles. The van der Waals surface area contributed by atoms with Crippen molar-refractivity contribution < 1.29 is 9.59 Å². The molecule has 2 fully saturated rings. The Morgan fingerprint density at radius 3 is 2.38 bits per heavy atom. The maximum absolute atomic E-state index is 13.3. The Balaban J connectivity index is 1.48. The predicted octanol–water partition coefficient (Wildman–Crippen LogP) is 2.65. The van der Waals surface area contributed by atoms with Crippen molar-refractivity contribution in [2.45, 2.75) is 12.5 Å². The fraction of sp³-hybridized carbons (Fsp3) is 0.400. The third-order valence-corrected chi connectivity index (χ3v) is 6.22. The van der Waals surface area contributed by atoms with Gasteiger partial charge in [-0.25, -0.2) is 0 Å². The van der Waals surface area contributed by atoms with Gasteiger partial charge in [-0.05, 0) is 11.6 Å². The molecule has 2 aromatic rings. The smallest absolute Gasteiger partial charge is 0.228 e. The molecule has 7 nitrogen and oxygen atoms in total. The van der Waals surface area contributed by atoms with Crippen LogP contribution < -0.4 is 4.90 Å². The summed E-state index contributed by atoms with van der Waals surface area (Å²) >= 11 is 12.5. The summed E-state index contributed by atoms with van der Waals surface area (Å²) < 4.78 is 0. The van der Waals surface area contributed by atoms with Gasteiger partial charge >= 0.3 is 0 Å². The number of nitrogens with zero attached hydrogens (tertiary/aromatic N) is 5. The summed E-state index contributed by atoms with van der Waals surface area (Å²) in [6.45, 7) is 2.32. The number of aromatic nitrogens is 2. The summed E-state index contributed by atoms with van der Waals surface area (Å²) in [5.74, 6) is -0.425. The maximum Gasteiger partial charge on any atom is 0.228 e. The minimum absolute atomic E-state index is 0.00289. The van der Waals surface area contributed by atoms with Crippen molar-refractivity contribution in [2.24, 2.45) is 5.92 Å². The van der Waals surface area contributed by atoms with E-state index >= 15 is 0 Å². The molecule has 152 valence electrons. The molecule has 0 unspecified atom stereocenters. The first-order valence-electron chi connectivity index (χ1n) is 9.45. The molecule has 2 aliphatic rings. The van der Waals surface area contributed by atoms with E-state index in [2.05, 4.69) is 14.9 Å². The molecule has 2 amide bonds. The van der Waals surface area contributed by atoms with Crippen molar-refractivity contribution in [3.63, 3.8) is 0 Å². The SMILES string of the molecule is CN1C(=O)C[C@@H](C(=O)N2CCN(c3c(Cl)cncc3Cl)CC2)[C@@H]1c1cccnc1. The van der Waals surface area contributed by atoms with Crippen LogP contribution in [0.15, 0.2) is 36.9 Å². The summed E-state index contributed by atoms with van der Waals surface area (Å²) in [4.78, 5) is 39.4. The number of likely N-dealkylation sites (tertiary alicyclic amines) is 1. The molecule has 29 heavy (non-hydrogen) atoms. The molecule has 2 aromatic heterocycles. The van der Waals surface area contributed by atoms with Gasteiger partial charge in [0.15, 0.2) is 0 Å². The van der Waals surface area contributed by atoms with Crippen LogP contribution in [0, 0.1) is 5.92 Å². The molecule has 4 heterocycles. The Kier molecular flexibility index (Phi) is 5.61. The number of anilines is 1. The molecule has 2 aliphatic heterocycles. The van der Waals surface area contributed by atoms with E-state index in [1.807, 2.05) is 17.0 Å². The Morgan fingerprint density at radius 1 is 1.07 bits per heavy atom. The lowest BCUT2D eigenvalue weighted by molar-refractivity contribution is -0.136. The molecule has 0 bridgehead atoms. The van der Waals surface area contributed by atoms with Gasteiger partial charge in [-0.3, -0.25) is 19.6 Å². The van der Waals surface area contributed by atoms with Crippen molar-refractivity contribution in [1.29, 1.82) is 0 Å². The highest BCUT2D eigenvalue weighted by atomic mass is 35.5. The van der Waals surface area contributed by atoms with Gasteiger partial charge in [-0.1, -0.05) is 29.3 Å². The fourth-order valence-electron chi connectivity index (χ4n) is 4.19. The van der Waals surface area contributed by atoms with Crippen LogP contribution in [-0.4, -0.2) is 64.8 Å². The molecular weight excluding hydrogens is 413 g/mol. The molecular formula is C20H21Cl2N5O2. The zero-order valence-electron chi connectivity index (χ0n) is 16.0. The second kappa shape index (κ2) is 8.16. The van der Waals surface area contributed by atoms with Gasteiger partial charge in [0.05, 0.1) is 27.7 Å². The van der Waals surface area contributed by atoms with E-state index in [1.165, 1.54) is 0 Å². The van der Waals surface area contributed by atoms with E-state index in [9.17, 15) is 9.59 Å². The van der Waals surface area contributed by atoms with Crippen LogP contribution in [0.1, 0.15) is 18.0 Å². The van der Waals surface area contributed by atoms with Crippen molar-refractivity contribution in [3.05, 3.63) is 52.5 Å². The standard InChI is InChI=1S/C20H21Cl2N5O2/c1-25-17(28)9-14(18(25)13-3-2-4-23-10-13)20(29)27-7-5-26(6-8-27)19-15(21)11-24-12-16(19)22/h2-4,10-12,14,18H,5-9H2,1H3/t14-,18+/m1/s1. The monoisotopic (exact) mass is 433 g/mol. The molecule has 0 saturated carbocycles. The van der Waals surface area contributed by atoms with Crippen LogP contribution in [0.25, 0.3) is 0 Å². The average Bonchev–Trinajstić information content (AvgIpc) is 3.03. The molecule has 4 rings (SSSR count). The first-order chi connectivity index (χ1) is 14.0. The van der Waals surface area contributed by atoms with Crippen molar-refractivity contribution in [3.8, 4) is 0 Å². The number of rotatable bonds is 3. The van der Waals surface area contributed by atoms with Gasteiger partial charge < -0.3 is 14.7 Å². The van der Waals surface area contributed by atoms with Gasteiger partial charge in [0.2, 0.25) is 11.8 Å². The van der Waals surface area contributed by atoms with Crippen molar-refractivity contribution >= 4 is 40.7 Å². The number of amides is 2. The lowest BCUT2D eigenvalue weighted by Gasteiger charge is -2.38. The van der Waals surface area contributed by atoms with Gasteiger partial charge in [0, 0.05) is 64.4 Å². The van der Waals surface area contributed by atoms with E-state index < -0.39 is 5.92 Å². The molecule has 0 spiro atoms. The van der Waals surface area contributed by atoms with E-state index in [1.54, 1.807) is 36.7 Å². The van der Waals surface area contributed by atoms with Crippen LogP contribution in [-0.2, 0) is 9.59 Å². The maximum atomic E-state index is 13.3. The van der Waals surface area contributed by atoms with Crippen LogP contribution >= 0.6 is 23.2 Å². The number of hydrogen-bond donors (Lipinski definition) is 0. The number of carbonyl (C=O) groups is 2. The Hall–Kier alpha value is -2.38. The Labute approximate surface area is 179 Å². The van der Waals surface area contributed by atoms with E-state index in [0.717, 1.165) is 11.3 Å². The number of halogens is 2. The summed E-state index contributed by atoms with van der Waals surface area (Å²) in [7, 11) is 1.75. The van der Waals surface area contributed by atoms with E-state index in [-0.39, 0.29) is 24.3 Å². The normalized spacial score (nSPS) is 22.3. The van der Waals surface area contributed by atoms with Gasteiger partial charge in [-0.2, -0.15) is 0 Å². The largest absolute Gasteiger partial charge is 0.365 e. The summed E-state index contributed by atoms with van der Waals surface area (Å²) in [5.41, 5.74) is 1.63. The van der Waals surface area contributed by atoms with Gasteiger partial charge in [0.25, 0.3) is 0 Å². The first-order valence-corrected chi connectivity index (χ1v) is 10.2. The zero-order chi connectivity index (χ0) is 20.5. The highest BCUT2D eigenvalue weighted by Crippen LogP contribution is 2.38. The van der Waals surface area contributed by atoms with Crippen LogP contribution in [0.5, 0.6) is 0 Å². The molecule has 2 atom stereocenters. The predicted molar refractivity (Wildman–Crippen MR) is 111 cm³/mol. The van der Waals surface area contributed by atoms with Gasteiger partial charge in [0.1, 0.15) is 0 Å². The highest BCUT2D eigenvalue weighted by molar-refractivity contribution is 6.38. The number of carbonyl (C=O) groups excluding carboxylic acids is 2. The summed E-state index contributed by atoms with van der Waals surface area (Å²) in [6, 6.07) is 3.46. The summed E-state index contributed by atoms with van der Waals surface area (Å²) in [6.07, 6.45) is 6.77. The lowest BCUT2D eigenvalue weighted by atomic mass is 9.93. The summed E-state index contributed by atoms with van der Waals surface area (Å²) in [5, 5.41) is 0.994. The van der Waals surface area contributed by atoms with Crippen LogP contribution in [0.4, 0.5) is 5.69 Å². The first kappa shape index (κ1) is 19.9. The Morgan fingerprint density at radius 2 is 1.76 bits per heavy atom. The van der Waals surface area contributed by atoms with Crippen LogP contribution in [0.3, 0.4) is 0 Å². The minimum Gasteiger partial charge on any atom is -0.365 e. The molecule has 0 aromatic carbocycles. The molecule has 0 N–H and O–H groups in total. The van der Waals surface area contributed by atoms with E-state index in [0.29, 0.717) is 36.2 Å². The molecule has 0 radical (unpaired) electrons. The number of piperazine rings is 1. The number of hydrogen-bond acceptors (Lipinski definition) is 5. The van der Waals surface area contributed by atoms with E-state index in [4.69, 9.17) is 23.2 Å². The third kappa shape index (κ3) is 3.76. The quantitative estimate of drug-likeness (QED) is 0.743. The van der Waals surface area contributed by atoms with Crippen LogP contribution in [0.2, 0.25) is 10.0 Å². The molecule has 9 heteroatoms.